The fourth-order valence-corrected chi connectivity index (χ4v) is 4.30. The summed E-state index contributed by atoms with van der Waals surface area (Å²) >= 11 is 3.20. The van der Waals surface area contributed by atoms with Gasteiger partial charge in [-0.25, -0.2) is 16.8 Å². The summed E-state index contributed by atoms with van der Waals surface area (Å²) in [6.07, 6.45) is 1.03. The third-order valence-corrected chi connectivity index (χ3v) is 5.65. The molecule has 0 heterocycles. The predicted molar refractivity (Wildman–Crippen MR) is 84.5 cm³/mol. The van der Waals surface area contributed by atoms with Crippen LogP contribution in [0.4, 0.5) is 5.69 Å². The van der Waals surface area contributed by atoms with Crippen molar-refractivity contribution in [3.8, 4) is 0 Å². The number of anilines is 1. The van der Waals surface area contributed by atoms with Crippen molar-refractivity contribution in [3.05, 3.63) is 53.0 Å². The molecule has 8 heteroatoms. The van der Waals surface area contributed by atoms with Crippen molar-refractivity contribution in [1.82, 2.24) is 0 Å². The van der Waals surface area contributed by atoms with E-state index in [9.17, 15) is 16.8 Å². The minimum absolute atomic E-state index is 0.0278. The van der Waals surface area contributed by atoms with E-state index in [1.165, 1.54) is 30.3 Å². The number of halogens is 1. The van der Waals surface area contributed by atoms with Gasteiger partial charge in [0.25, 0.3) is 10.0 Å². The zero-order chi connectivity index (χ0) is 15.7. The second kappa shape index (κ2) is 5.78. The number of hydrogen-bond acceptors (Lipinski definition) is 4. The molecule has 0 saturated heterocycles. The summed E-state index contributed by atoms with van der Waals surface area (Å²) in [5.74, 6) is 0. The average Bonchev–Trinajstić information content (AvgIpc) is 2.37. The molecule has 0 atom stereocenters. The number of nitrogens with one attached hydrogen (secondary N) is 1. The zero-order valence-corrected chi connectivity index (χ0v) is 14.2. The van der Waals surface area contributed by atoms with Crippen LogP contribution in [0.25, 0.3) is 0 Å². The molecule has 0 aromatic heterocycles. The zero-order valence-electron chi connectivity index (χ0n) is 10.9. The van der Waals surface area contributed by atoms with Gasteiger partial charge in [0.05, 0.1) is 15.5 Å². The number of benzene rings is 2. The molecule has 0 bridgehead atoms. The minimum Gasteiger partial charge on any atom is -0.278 e. The van der Waals surface area contributed by atoms with Gasteiger partial charge >= 0.3 is 0 Å². The Hall–Kier alpha value is -1.38. The lowest BCUT2D eigenvalue weighted by Crippen LogP contribution is -2.15. The second-order valence-electron chi connectivity index (χ2n) is 4.33. The van der Waals surface area contributed by atoms with Crippen molar-refractivity contribution in [2.24, 2.45) is 0 Å². The van der Waals surface area contributed by atoms with Crippen molar-refractivity contribution >= 4 is 41.5 Å². The van der Waals surface area contributed by atoms with E-state index < -0.39 is 19.9 Å². The maximum absolute atomic E-state index is 12.3. The van der Waals surface area contributed by atoms with Gasteiger partial charge in [0.2, 0.25) is 0 Å². The predicted octanol–water partition coefficient (Wildman–Crippen LogP) is 2.65. The standard InChI is InChI=1S/C13H12BrNO4S2/c1-20(16,17)13-8-3-2-7-12(13)15-21(18,19)11-6-4-5-10(14)9-11/h2-9,15H,1H3. The molecule has 2 aromatic carbocycles. The third kappa shape index (κ3) is 3.84. The lowest BCUT2D eigenvalue weighted by Gasteiger charge is -2.11. The fraction of sp³-hybridized carbons (Fsp3) is 0.0769. The Balaban J connectivity index is 2.48. The number of rotatable bonds is 4. The van der Waals surface area contributed by atoms with Crippen LogP contribution in [0.15, 0.2) is 62.8 Å². The molecule has 0 aliphatic carbocycles. The van der Waals surface area contributed by atoms with E-state index in [0.29, 0.717) is 4.47 Å². The van der Waals surface area contributed by atoms with Gasteiger partial charge in [-0.05, 0) is 30.3 Å². The fourth-order valence-electron chi connectivity index (χ4n) is 1.71. The van der Waals surface area contributed by atoms with Gasteiger partial charge in [-0.3, -0.25) is 4.72 Å². The average molecular weight is 390 g/mol. The molecule has 112 valence electrons. The Labute approximate surface area is 132 Å². The van der Waals surface area contributed by atoms with Crippen LogP contribution in [0.2, 0.25) is 0 Å². The van der Waals surface area contributed by atoms with Crippen LogP contribution in [0.5, 0.6) is 0 Å². The lowest BCUT2D eigenvalue weighted by atomic mass is 10.3. The largest absolute Gasteiger partial charge is 0.278 e. The molecule has 0 saturated carbocycles. The molecule has 2 rings (SSSR count). The molecular formula is C13H12BrNO4S2. The second-order valence-corrected chi connectivity index (χ2v) is 8.91. The van der Waals surface area contributed by atoms with Gasteiger partial charge in [-0.1, -0.05) is 34.1 Å². The molecule has 0 aliphatic heterocycles. The Kier molecular flexibility index (Phi) is 4.40. The quantitative estimate of drug-likeness (QED) is 0.871. The van der Waals surface area contributed by atoms with E-state index in [1.807, 2.05) is 0 Å². The highest BCUT2D eigenvalue weighted by atomic mass is 79.9. The smallest absolute Gasteiger partial charge is 0.261 e. The monoisotopic (exact) mass is 389 g/mol. The Morgan fingerprint density at radius 3 is 2.24 bits per heavy atom. The van der Waals surface area contributed by atoms with E-state index in [-0.39, 0.29) is 15.5 Å². The van der Waals surface area contributed by atoms with E-state index >= 15 is 0 Å². The van der Waals surface area contributed by atoms with Crippen molar-refractivity contribution in [3.63, 3.8) is 0 Å². The Morgan fingerprint density at radius 2 is 1.62 bits per heavy atom. The van der Waals surface area contributed by atoms with Crippen LogP contribution in [-0.4, -0.2) is 23.1 Å². The number of para-hydroxylation sites is 1. The highest BCUT2D eigenvalue weighted by Gasteiger charge is 2.19. The number of hydrogen-bond donors (Lipinski definition) is 1. The topological polar surface area (TPSA) is 80.3 Å². The van der Waals surface area contributed by atoms with Gasteiger partial charge < -0.3 is 0 Å². The molecule has 1 N–H and O–H groups in total. The van der Waals surface area contributed by atoms with Crippen LogP contribution in [-0.2, 0) is 19.9 Å². The first-order valence-corrected chi connectivity index (χ1v) is 9.94. The summed E-state index contributed by atoms with van der Waals surface area (Å²) in [4.78, 5) is -0.0243. The van der Waals surface area contributed by atoms with E-state index in [0.717, 1.165) is 6.26 Å². The van der Waals surface area contributed by atoms with Crippen LogP contribution >= 0.6 is 15.9 Å². The van der Waals surface area contributed by atoms with Crippen molar-refractivity contribution in [2.45, 2.75) is 9.79 Å². The summed E-state index contributed by atoms with van der Waals surface area (Å²) in [6, 6.07) is 12.0. The maximum atomic E-state index is 12.3. The third-order valence-electron chi connectivity index (χ3n) is 2.64. The highest BCUT2D eigenvalue weighted by Crippen LogP contribution is 2.24. The summed E-state index contributed by atoms with van der Waals surface area (Å²) in [6.45, 7) is 0. The van der Waals surface area contributed by atoms with Gasteiger partial charge in [0.1, 0.15) is 0 Å². The summed E-state index contributed by atoms with van der Waals surface area (Å²) in [7, 11) is -7.40. The van der Waals surface area contributed by atoms with Crippen molar-refractivity contribution < 1.29 is 16.8 Å². The van der Waals surface area contributed by atoms with E-state index in [1.54, 1.807) is 18.2 Å². The molecule has 0 aliphatic rings. The molecule has 21 heavy (non-hydrogen) atoms. The first-order chi connectivity index (χ1) is 9.70. The summed E-state index contributed by atoms with van der Waals surface area (Å²) in [5, 5.41) is 0. The molecule has 0 spiro atoms. The normalized spacial score (nSPS) is 12.1. The minimum atomic E-state index is -3.86. The molecular weight excluding hydrogens is 378 g/mol. The van der Waals surface area contributed by atoms with E-state index in [2.05, 4.69) is 20.7 Å². The van der Waals surface area contributed by atoms with Gasteiger partial charge in [-0.15, -0.1) is 0 Å². The SMILES string of the molecule is CS(=O)(=O)c1ccccc1NS(=O)(=O)c1cccc(Br)c1. The molecule has 0 radical (unpaired) electrons. The Bertz CT molecular complexity index is 877. The first-order valence-electron chi connectivity index (χ1n) is 5.77. The highest BCUT2D eigenvalue weighted by molar-refractivity contribution is 9.10. The summed E-state index contributed by atoms with van der Waals surface area (Å²) < 4.78 is 50.9. The molecule has 0 amide bonds. The number of sulfonamides is 1. The molecule has 2 aromatic rings. The van der Waals surface area contributed by atoms with Crippen LogP contribution in [0, 0.1) is 0 Å². The maximum Gasteiger partial charge on any atom is 0.261 e. The first kappa shape index (κ1) is 16.0. The summed E-state index contributed by atoms with van der Waals surface area (Å²) in [5.41, 5.74) is 0.0278. The van der Waals surface area contributed by atoms with Crippen LogP contribution in [0.1, 0.15) is 0 Å². The lowest BCUT2D eigenvalue weighted by molar-refractivity contribution is 0.601. The Morgan fingerprint density at radius 1 is 0.952 bits per heavy atom. The van der Waals surface area contributed by atoms with Crippen molar-refractivity contribution in [2.75, 3.05) is 11.0 Å². The van der Waals surface area contributed by atoms with Gasteiger partial charge in [0.15, 0.2) is 9.84 Å². The van der Waals surface area contributed by atoms with Crippen LogP contribution in [0.3, 0.4) is 0 Å². The molecule has 5 nitrogen and oxygen atoms in total. The van der Waals surface area contributed by atoms with Gasteiger partial charge in [0, 0.05) is 10.7 Å². The van der Waals surface area contributed by atoms with Crippen LogP contribution < -0.4 is 4.72 Å². The van der Waals surface area contributed by atoms with Gasteiger partial charge in [-0.2, -0.15) is 0 Å². The molecule has 0 unspecified atom stereocenters. The van der Waals surface area contributed by atoms with E-state index in [4.69, 9.17) is 0 Å². The van der Waals surface area contributed by atoms with Crippen molar-refractivity contribution in [1.29, 1.82) is 0 Å². The molecule has 0 fully saturated rings. The number of sulfone groups is 1.